The van der Waals surface area contributed by atoms with Gasteiger partial charge in [0.05, 0.1) is 26.2 Å². The minimum absolute atomic E-state index is 0.136. The molecule has 146 valence electrons. The van der Waals surface area contributed by atoms with Crippen LogP contribution in [-0.2, 0) is 0 Å². The Morgan fingerprint density at radius 3 is 2.45 bits per heavy atom. The Morgan fingerprint density at radius 1 is 1.10 bits per heavy atom. The second-order valence-corrected chi connectivity index (χ2v) is 6.11. The number of nitrogens with zero attached hydrogens (tertiary/aromatic N) is 3. The number of furan rings is 1. The van der Waals surface area contributed by atoms with Crippen molar-refractivity contribution in [1.82, 2.24) is 14.8 Å². The molecule has 0 aliphatic carbocycles. The van der Waals surface area contributed by atoms with Gasteiger partial charge in [-0.2, -0.15) is 5.10 Å². The second-order valence-electron chi connectivity index (χ2n) is 6.11. The number of rotatable bonds is 6. The van der Waals surface area contributed by atoms with Gasteiger partial charge in [-0.25, -0.2) is 9.67 Å². The number of carbonyl (C=O) groups excluding carboxylic acids is 1. The normalized spacial score (nSPS) is 10.7. The number of aromatic hydroxyl groups is 1. The molecule has 4 aromatic rings. The van der Waals surface area contributed by atoms with E-state index in [0.717, 1.165) is 5.56 Å². The Morgan fingerprint density at radius 2 is 1.86 bits per heavy atom. The van der Waals surface area contributed by atoms with Crippen molar-refractivity contribution in [1.29, 1.82) is 0 Å². The van der Waals surface area contributed by atoms with E-state index in [1.165, 1.54) is 43.7 Å². The zero-order valence-electron chi connectivity index (χ0n) is 15.7. The third-order valence-corrected chi connectivity index (χ3v) is 4.45. The number of benzene rings is 2. The molecule has 29 heavy (non-hydrogen) atoms. The van der Waals surface area contributed by atoms with Crippen LogP contribution in [0.3, 0.4) is 0 Å². The molecule has 0 bridgehead atoms. The molecular weight excluding hydrogens is 374 g/mol. The lowest BCUT2D eigenvalue weighted by atomic mass is 9.98. The first-order chi connectivity index (χ1) is 14.1. The summed E-state index contributed by atoms with van der Waals surface area (Å²) in [4.78, 5) is 17.4. The fraction of sp³-hybridized carbons (Fsp3) is 0.0952. The number of ketones is 1. The molecule has 0 atom stereocenters. The number of phenols is 1. The van der Waals surface area contributed by atoms with Crippen molar-refractivity contribution >= 4 is 5.78 Å². The average molecular weight is 391 g/mol. The third kappa shape index (κ3) is 3.31. The van der Waals surface area contributed by atoms with Crippen LogP contribution in [0, 0.1) is 0 Å². The van der Waals surface area contributed by atoms with E-state index < -0.39 is 0 Å². The predicted octanol–water partition coefficient (Wildman–Crippen LogP) is 3.48. The first-order valence-corrected chi connectivity index (χ1v) is 8.65. The van der Waals surface area contributed by atoms with E-state index in [2.05, 4.69) is 10.1 Å². The standard InChI is InChI=1S/C21H17N3O5/c1-27-18-9-14(10-19(28-2)21(18)26)20(25)15-8-13(17-4-3-7-29-17)5-6-16(15)24-12-22-11-23-24/h3-12,26H,1-2H3. The number of methoxy groups -OCH3 is 2. The number of phenolic OH excluding ortho intramolecular Hbond substituents is 1. The molecule has 2 heterocycles. The molecule has 4 rings (SSSR count). The fourth-order valence-corrected chi connectivity index (χ4v) is 3.03. The smallest absolute Gasteiger partial charge is 0.200 e. The molecule has 0 aliphatic rings. The molecule has 8 heteroatoms. The van der Waals surface area contributed by atoms with Crippen molar-refractivity contribution in [3.63, 3.8) is 0 Å². The number of ether oxygens (including phenoxy) is 2. The summed E-state index contributed by atoms with van der Waals surface area (Å²) >= 11 is 0. The van der Waals surface area contributed by atoms with Crippen molar-refractivity contribution in [3.05, 3.63) is 72.5 Å². The average Bonchev–Trinajstić information content (AvgIpc) is 3.47. The number of hydrogen-bond donors (Lipinski definition) is 1. The van der Waals surface area contributed by atoms with Gasteiger partial charge in [-0.05, 0) is 42.5 Å². The lowest BCUT2D eigenvalue weighted by Gasteiger charge is -2.13. The first kappa shape index (κ1) is 18.3. The van der Waals surface area contributed by atoms with Gasteiger partial charge in [0.2, 0.25) is 5.75 Å². The minimum atomic E-state index is -0.305. The maximum atomic E-state index is 13.4. The molecule has 0 saturated carbocycles. The van der Waals surface area contributed by atoms with Gasteiger partial charge in [-0.1, -0.05) is 0 Å². The maximum absolute atomic E-state index is 13.4. The first-order valence-electron chi connectivity index (χ1n) is 8.65. The molecule has 0 amide bonds. The molecule has 0 aliphatic heterocycles. The van der Waals surface area contributed by atoms with Gasteiger partial charge in [0.1, 0.15) is 18.4 Å². The fourth-order valence-electron chi connectivity index (χ4n) is 3.03. The number of hydrogen-bond acceptors (Lipinski definition) is 7. The second kappa shape index (κ2) is 7.51. The maximum Gasteiger partial charge on any atom is 0.200 e. The van der Waals surface area contributed by atoms with Gasteiger partial charge in [-0.3, -0.25) is 4.79 Å². The van der Waals surface area contributed by atoms with Crippen LogP contribution < -0.4 is 9.47 Å². The molecule has 0 radical (unpaired) electrons. The molecular formula is C21H17N3O5. The Labute approximate surface area is 166 Å². The monoisotopic (exact) mass is 391 g/mol. The third-order valence-electron chi connectivity index (χ3n) is 4.45. The topological polar surface area (TPSA) is 99.6 Å². The molecule has 2 aromatic carbocycles. The SMILES string of the molecule is COc1cc(C(=O)c2cc(-c3ccco3)ccc2-n2cncn2)cc(OC)c1O. The van der Waals surface area contributed by atoms with Crippen LogP contribution in [0.2, 0.25) is 0 Å². The number of carbonyl (C=O) groups is 1. The van der Waals surface area contributed by atoms with Crippen LogP contribution in [0.1, 0.15) is 15.9 Å². The van der Waals surface area contributed by atoms with Crippen LogP contribution >= 0.6 is 0 Å². The van der Waals surface area contributed by atoms with E-state index in [9.17, 15) is 9.90 Å². The van der Waals surface area contributed by atoms with E-state index in [0.29, 0.717) is 17.0 Å². The predicted molar refractivity (Wildman–Crippen MR) is 104 cm³/mol. The van der Waals surface area contributed by atoms with Gasteiger partial charge in [-0.15, -0.1) is 0 Å². The van der Waals surface area contributed by atoms with Crippen molar-refractivity contribution in [3.8, 4) is 34.3 Å². The summed E-state index contributed by atoms with van der Waals surface area (Å²) in [6, 6.07) is 11.8. The van der Waals surface area contributed by atoms with Crippen molar-refractivity contribution in [2.75, 3.05) is 14.2 Å². The van der Waals surface area contributed by atoms with Crippen molar-refractivity contribution < 1.29 is 23.8 Å². The lowest BCUT2D eigenvalue weighted by Crippen LogP contribution is -2.09. The largest absolute Gasteiger partial charge is 0.502 e. The summed E-state index contributed by atoms with van der Waals surface area (Å²) in [6.07, 6.45) is 4.47. The molecule has 0 saturated heterocycles. The molecule has 2 aromatic heterocycles. The van der Waals surface area contributed by atoms with Crippen LogP contribution in [0.4, 0.5) is 0 Å². The molecule has 0 unspecified atom stereocenters. The summed E-state index contributed by atoms with van der Waals surface area (Å²) in [5.41, 5.74) is 1.95. The van der Waals surface area contributed by atoms with Gasteiger partial charge >= 0.3 is 0 Å². The van der Waals surface area contributed by atoms with Gasteiger partial charge in [0.25, 0.3) is 0 Å². The zero-order valence-corrected chi connectivity index (χ0v) is 15.7. The van der Waals surface area contributed by atoms with E-state index in [1.807, 2.05) is 12.1 Å². The summed E-state index contributed by atoms with van der Waals surface area (Å²) in [5.74, 6) is 0.423. The molecule has 0 fully saturated rings. The molecule has 1 N–H and O–H groups in total. The zero-order chi connectivity index (χ0) is 20.4. The summed E-state index contributed by atoms with van der Waals surface area (Å²) < 4.78 is 17.3. The van der Waals surface area contributed by atoms with Gasteiger partial charge in [0.15, 0.2) is 17.3 Å². The van der Waals surface area contributed by atoms with Gasteiger partial charge in [0, 0.05) is 16.7 Å². The summed E-state index contributed by atoms with van der Waals surface area (Å²) in [5, 5.41) is 14.3. The van der Waals surface area contributed by atoms with Crippen LogP contribution in [0.5, 0.6) is 17.2 Å². The van der Waals surface area contributed by atoms with E-state index in [4.69, 9.17) is 13.9 Å². The summed E-state index contributed by atoms with van der Waals surface area (Å²) in [7, 11) is 2.81. The highest BCUT2D eigenvalue weighted by atomic mass is 16.5. The van der Waals surface area contributed by atoms with Crippen molar-refractivity contribution in [2.24, 2.45) is 0 Å². The van der Waals surface area contributed by atoms with Crippen LogP contribution in [0.15, 0.2) is 65.8 Å². The van der Waals surface area contributed by atoms with Gasteiger partial charge < -0.3 is 19.0 Å². The highest BCUT2D eigenvalue weighted by Crippen LogP contribution is 2.38. The molecule has 0 spiro atoms. The van der Waals surface area contributed by atoms with E-state index >= 15 is 0 Å². The lowest BCUT2D eigenvalue weighted by molar-refractivity contribution is 0.103. The highest BCUT2D eigenvalue weighted by Gasteiger charge is 2.21. The minimum Gasteiger partial charge on any atom is -0.502 e. The van der Waals surface area contributed by atoms with E-state index in [1.54, 1.807) is 24.5 Å². The Kier molecular flexibility index (Phi) is 4.74. The van der Waals surface area contributed by atoms with Crippen LogP contribution in [0.25, 0.3) is 17.0 Å². The Bertz CT molecular complexity index is 1130. The Hall–Kier alpha value is -4.07. The number of aromatic nitrogens is 3. The summed E-state index contributed by atoms with van der Waals surface area (Å²) in [6.45, 7) is 0. The Balaban J connectivity index is 1.88. The van der Waals surface area contributed by atoms with E-state index in [-0.39, 0.29) is 28.6 Å². The van der Waals surface area contributed by atoms with Crippen LogP contribution in [-0.4, -0.2) is 39.9 Å². The highest BCUT2D eigenvalue weighted by molar-refractivity contribution is 6.12. The van der Waals surface area contributed by atoms with Crippen molar-refractivity contribution in [2.45, 2.75) is 0 Å². The quantitative estimate of drug-likeness (QED) is 0.502. The molecule has 8 nitrogen and oxygen atoms in total.